The Morgan fingerprint density at radius 1 is 1.38 bits per heavy atom. The van der Waals surface area contributed by atoms with E-state index >= 15 is 0 Å². The van der Waals surface area contributed by atoms with Crippen LogP contribution in [-0.4, -0.2) is 30.5 Å². The minimum Gasteiger partial charge on any atom is -0.364 e. The van der Waals surface area contributed by atoms with Crippen LogP contribution in [0.5, 0.6) is 0 Å². The number of nitrogens with zero attached hydrogens (tertiary/aromatic N) is 3. The molecule has 0 aromatic carbocycles. The third-order valence-corrected chi connectivity index (χ3v) is 3.80. The van der Waals surface area contributed by atoms with Gasteiger partial charge in [-0.2, -0.15) is 8.75 Å². The SMILES string of the molecule is NC(=O)c1cc(-c2csc(NC(=O)c3cnsn3)n2)c[nH]1. The van der Waals surface area contributed by atoms with Gasteiger partial charge in [0.2, 0.25) is 0 Å². The van der Waals surface area contributed by atoms with Crippen LogP contribution in [0.4, 0.5) is 5.13 Å². The molecule has 8 nitrogen and oxygen atoms in total. The van der Waals surface area contributed by atoms with E-state index in [1.807, 2.05) is 0 Å². The van der Waals surface area contributed by atoms with E-state index in [1.54, 1.807) is 17.6 Å². The summed E-state index contributed by atoms with van der Waals surface area (Å²) in [7, 11) is 0. The Bertz CT molecular complexity index is 791. The highest BCUT2D eigenvalue weighted by molar-refractivity contribution is 7.14. The van der Waals surface area contributed by atoms with E-state index in [9.17, 15) is 9.59 Å². The molecule has 3 rings (SSSR count). The fraction of sp³-hybridized carbons (Fsp3) is 0. The number of amides is 2. The van der Waals surface area contributed by atoms with Gasteiger partial charge in [0.1, 0.15) is 5.69 Å². The smallest absolute Gasteiger partial charge is 0.278 e. The number of aromatic amines is 1. The summed E-state index contributed by atoms with van der Waals surface area (Å²) in [5.74, 6) is -0.905. The van der Waals surface area contributed by atoms with Crippen molar-refractivity contribution >= 4 is 40.0 Å². The third-order valence-electron chi connectivity index (χ3n) is 2.56. The summed E-state index contributed by atoms with van der Waals surface area (Å²) in [5, 5.41) is 4.84. The third kappa shape index (κ3) is 2.80. The number of anilines is 1. The number of carbonyl (C=O) groups is 2. The van der Waals surface area contributed by atoms with Crippen LogP contribution >= 0.6 is 23.1 Å². The maximum atomic E-state index is 11.8. The monoisotopic (exact) mass is 320 g/mol. The maximum Gasteiger partial charge on any atom is 0.278 e. The number of rotatable bonds is 4. The quantitative estimate of drug-likeness (QED) is 0.668. The van der Waals surface area contributed by atoms with E-state index in [0.717, 1.165) is 17.3 Å². The molecule has 3 aromatic rings. The van der Waals surface area contributed by atoms with E-state index in [4.69, 9.17) is 5.73 Å². The summed E-state index contributed by atoms with van der Waals surface area (Å²) >= 11 is 2.23. The first kappa shape index (κ1) is 13.4. The zero-order valence-electron chi connectivity index (χ0n) is 10.4. The molecular formula is C11H8N6O2S2. The molecule has 2 amide bonds. The standard InChI is InChI=1S/C11H8N6O2S2/c12-9(18)6-1-5(2-13-6)8-4-20-11(15-8)16-10(19)7-3-14-21-17-7/h1-4,13H,(H2,12,18)(H,15,16,19). The van der Waals surface area contributed by atoms with E-state index in [-0.39, 0.29) is 11.6 Å². The molecule has 0 unspecified atom stereocenters. The van der Waals surface area contributed by atoms with Crippen molar-refractivity contribution in [3.8, 4) is 11.3 Å². The van der Waals surface area contributed by atoms with Crippen molar-refractivity contribution in [1.29, 1.82) is 0 Å². The van der Waals surface area contributed by atoms with E-state index in [2.05, 4.69) is 24.0 Å². The van der Waals surface area contributed by atoms with Gasteiger partial charge in [-0.25, -0.2) is 4.98 Å². The van der Waals surface area contributed by atoms with Gasteiger partial charge in [-0.05, 0) is 6.07 Å². The lowest BCUT2D eigenvalue weighted by Crippen LogP contribution is -2.11. The molecule has 10 heteroatoms. The van der Waals surface area contributed by atoms with Crippen LogP contribution in [0.25, 0.3) is 11.3 Å². The molecular weight excluding hydrogens is 312 g/mol. The topological polar surface area (TPSA) is 127 Å². The lowest BCUT2D eigenvalue weighted by molar-refractivity contribution is 0.0993. The Kier molecular flexibility index (Phi) is 3.46. The van der Waals surface area contributed by atoms with Gasteiger partial charge >= 0.3 is 0 Å². The maximum absolute atomic E-state index is 11.8. The Morgan fingerprint density at radius 3 is 2.90 bits per heavy atom. The molecule has 0 radical (unpaired) electrons. The number of nitrogens with two attached hydrogens (primary N) is 1. The summed E-state index contributed by atoms with van der Waals surface area (Å²) in [4.78, 5) is 29.9. The normalized spacial score (nSPS) is 10.5. The summed E-state index contributed by atoms with van der Waals surface area (Å²) in [6.45, 7) is 0. The fourth-order valence-corrected chi connectivity index (χ4v) is 2.70. The van der Waals surface area contributed by atoms with Crippen molar-refractivity contribution in [2.75, 3.05) is 5.32 Å². The van der Waals surface area contributed by atoms with Crippen molar-refractivity contribution in [2.24, 2.45) is 5.73 Å². The first-order chi connectivity index (χ1) is 10.1. The van der Waals surface area contributed by atoms with Crippen LogP contribution in [0, 0.1) is 0 Å². The Hall–Kier alpha value is -2.59. The molecule has 0 bridgehead atoms. The Labute approximate surface area is 126 Å². The van der Waals surface area contributed by atoms with Gasteiger partial charge in [-0.3, -0.25) is 14.9 Å². The molecule has 0 aliphatic rings. The Balaban J connectivity index is 1.76. The second-order valence-corrected chi connectivity index (χ2v) is 5.37. The molecule has 21 heavy (non-hydrogen) atoms. The van der Waals surface area contributed by atoms with Crippen LogP contribution in [-0.2, 0) is 0 Å². The highest BCUT2D eigenvalue weighted by Gasteiger charge is 2.13. The van der Waals surface area contributed by atoms with Crippen LogP contribution in [0.3, 0.4) is 0 Å². The average Bonchev–Trinajstić information content (AvgIpc) is 3.20. The van der Waals surface area contributed by atoms with Crippen molar-refractivity contribution < 1.29 is 9.59 Å². The molecule has 0 saturated heterocycles. The first-order valence-corrected chi connectivity index (χ1v) is 7.27. The summed E-state index contributed by atoms with van der Waals surface area (Å²) < 4.78 is 7.60. The van der Waals surface area contributed by atoms with Crippen molar-refractivity contribution in [1.82, 2.24) is 18.7 Å². The molecule has 3 heterocycles. The van der Waals surface area contributed by atoms with Gasteiger partial charge in [0.05, 0.1) is 23.6 Å². The van der Waals surface area contributed by atoms with E-state index in [1.165, 1.54) is 17.5 Å². The van der Waals surface area contributed by atoms with Crippen LogP contribution in [0.15, 0.2) is 23.8 Å². The van der Waals surface area contributed by atoms with Crippen molar-refractivity contribution in [2.45, 2.75) is 0 Å². The molecule has 0 aliphatic heterocycles. The van der Waals surface area contributed by atoms with Crippen molar-refractivity contribution in [3.05, 3.63) is 35.2 Å². The van der Waals surface area contributed by atoms with Gasteiger partial charge in [-0.15, -0.1) is 11.3 Å². The number of carbonyl (C=O) groups excluding carboxylic acids is 2. The predicted molar refractivity (Wildman–Crippen MR) is 78.3 cm³/mol. The zero-order chi connectivity index (χ0) is 14.8. The molecule has 106 valence electrons. The zero-order valence-corrected chi connectivity index (χ0v) is 12.0. The molecule has 0 aliphatic carbocycles. The number of nitrogens with one attached hydrogen (secondary N) is 2. The average molecular weight is 320 g/mol. The van der Waals surface area contributed by atoms with Crippen molar-refractivity contribution in [3.63, 3.8) is 0 Å². The van der Waals surface area contributed by atoms with Gasteiger partial charge < -0.3 is 10.7 Å². The van der Waals surface area contributed by atoms with Gasteiger partial charge in [-0.1, -0.05) is 0 Å². The second-order valence-electron chi connectivity index (χ2n) is 3.95. The van der Waals surface area contributed by atoms with Gasteiger partial charge in [0.15, 0.2) is 10.8 Å². The number of aromatic nitrogens is 4. The minimum absolute atomic E-state index is 0.245. The second kappa shape index (κ2) is 5.42. The van der Waals surface area contributed by atoms with Crippen LogP contribution < -0.4 is 11.1 Å². The molecule has 4 N–H and O–H groups in total. The van der Waals surface area contributed by atoms with Gasteiger partial charge in [0, 0.05) is 17.1 Å². The summed E-state index contributed by atoms with van der Waals surface area (Å²) in [5.41, 5.74) is 7.07. The molecule has 0 saturated carbocycles. The molecule has 0 spiro atoms. The molecule has 0 fully saturated rings. The van der Waals surface area contributed by atoms with Gasteiger partial charge in [0.25, 0.3) is 11.8 Å². The minimum atomic E-state index is -0.541. The number of H-pyrrole nitrogens is 1. The summed E-state index contributed by atoms with van der Waals surface area (Å²) in [6.07, 6.45) is 3.02. The van der Waals surface area contributed by atoms with Crippen LogP contribution in [0.2, 0.25) is 0 Å². The molecule has 0 atom stereocenters. The number of primary amides is 1. The largest absolute Gasteiger partial charge is 0.364 e. The van der Waals surface area contributed by atoms with Crippen LogP contribution in [0.1, 0.15) is 21.0 Å². The Morgan fingerprint density at radius 2 is 2.24 bits per heavy atom. The highest BCUT2D eigenvalue weighted by atomic mass is 32.1. The highest BCUT2D eigenvalue weighted by Crippen LogP contribution is 2.25. The number of hydrogen-bond acceptors (Lipinski definition) is 7. The predicted octanol–water partition coefficient (Wildman–Crippen LogP) is 1.34. The lowest BCUT2D eigenvalue weighted by atomic mass is 10.2. The molecule has 3 aromatic heterocycles. The summed E-state index contributed by atoms with van der Waals surface area (Å²) in [6, 6.07) is 1.60. The fourth-order valence-electron chi connectivity index (χ4n) is 1.57. The number of thiazole rings is 1. The number of hydrogen-bond donors (Lipinski definition) is 3. The lowest BCUT2D eigenvalue weighted by Gasteiger charge is -1.96. The van der Waals surface area contributed by atoms with E-state index < -0.39 is 5.91 Å². The van der Waals surface area contributed by atoms with E-state index in [0.29, 0.717) is 16.5 Å². The first-order valence-electron chi connectivity index (χ1n) is 5.66.